The van der Waals surface area contributed by atoms with E-state index in [9.17, 15) is 9.59 Å². The van der Waals surface area contributed by atoms with Crippen LogP contribution in [-0.2, 0) is 9.59 Å². The number of hydrogen-bond donors (Lipinski definition) is 0. The van der Waals surface area contributed by atoms with Crippen LogP contribution in [0.5, 0.6) is 0 Å². The van der Waals surface area contributed by atoms with Gasteiger partial charge in [0, 0.05) is 63.8 Å². The molecule has 34 heavy (non-hydrogen) atoms. The van der Waals surface area contributed by atoms with Crippen LogP contribution < -0.4 is 4.90 Å². The second kappa shape index (κ2) is 11.9. The molecule has 0 N–H and O–H groups in total. The molecule has 188 valence electrons. The maximum atomic E-state index is 13.0. The fourth-order valence-electron chi connectivity index (χ4n) is 5.22. The fourth-order valence-corrected chi connectivity index (χ4v) is 6.20. The molecule has 0 spiro atoms. The Bertz CT molecular complexity index is 860. The second-order valence-corrected chi connectivity index (χ2v) is 10.9. The van der Waals surface area contributed by atoms with E-state index in [1.165, 1.54) is 31.0 Å². The van der Waals surface area contributed by atoms with Crippen LogP contribution >= 0.6 is 23.4 Å². The van der Waals surface area contributed by atoms with Gasteiger partial charge in [0.15, 0.2) is 5.16 Å². The third-order valence-corrected chi connectivity index (χ3v) is 8.37. The number of aromatic nitrogens is 2. The molecule has 3 aliphatic rings. The maximum Gasteiger partial charge on any atom is 0.233 e. The molecule has 0 bridgehead atoms. The first-order valence-electron chi connectivity index (χ1n) is 12.7. The van der Waals surface area contributed by atoms with E-state index in [-0.39, 0.29) is 17.9 Å². The Balaban J connectivity index is 1.32. The van der Waals surface area contributed by atoms with Crippen LogP contribution in [0, 0.1) is 5.92 Å². The highest BCUT2D eigenvalue weighted by Gasteiger charge is 2.33. The lowest BCUT2D eigenvalue weighted by Crippen LogP contribution is -2.55. The second-order valence-electron chi connectivity index (χ2n) is 9.60. The van der Waals surface area contributed by atoms with Gasteiger partial charge in [0.05, 0.1) is 5.75 Å². The first-order valence-corrected chi connectivity index (χ1v) is 14.0. The number of halogens is 1. The fraction of sp³-hybridized carbons (Fsp3) is 0.750. The van der Waals surface area contributed by atoms with Gasteiger partial charge in [0.1, 0.15) is 11.0 Å². The highest BCUT2D eigenvalue weighted by Crippen LogP contribution is 2.28. The standard InChI is InChI=1S/C24H37ClN6O2S/c1-3-28-9-11-29(12-10-28)22(32)17-34-24-26-20(25)15-21(27-24)30-13-14-31(18(2)16-30)23(33)19-7-5-4-6-8-19/h15,18-19H,3-14,16-17H2,1-2H3. The minimum Gasteiger partial charge on any atom is -0.353 e. The van der Waals surface area contributed by atoms with E-state index < -0.39 is 0 Å². The molecule has 3 fully saturated rings. The smallest absolute Gasteiger partial charge is 0.233 e. The molecule has 2 aliphatic heterocycles. The predicted molar refractivity (Wildman–Crippen MR) is 136 cm³/mol. The van der Waals surface area contributed by atoms with Gasteiger partial charge in [-0.25, -0.2) is 9.97 Å². The van der Waals surface area contributed by atoms with E-state index >= 15 is 0 Å². The number of likely N-dealkylation sites (N-methyl/N-ethyl adjacent to an activating group) is 1. The van der Waals surface area contributed by atoms with Crippen molar-refractivity contribution in [3.05, 3.63) is 11.2 Å². The number of anilines is 1. The van der Waals surface area contributed by atoms with E-state index in [1.54, 1.807) is 6.07 Å². The molecule has 1 aromatic heterocycles. The number of piperazine rings is 2. The van der Waals surface area contributed by atoms with Crippen molar-refractivity contribution in [2.24, 2.45) is 5.92 Å². The number of carbonyl (C=O) groups excluding carboxylic acids is 2. The van der Waals surface area contributed by atoms with Gasteiger partial charge in [-0.3, -0.25) is 9.59 Å². The Labute approximate surface area is 212 Å². The minimum atomic E-state index is 0.120. The summed E-state index contributed by atoms with van der Waals surface area (Å²) >= 11 is 7.67. The molecule has 2 amide bonds. The normalized spacial score (nSPS) is 22.8. The van der Waals surface area contributed by atoms with Gasteiger partial charge >= 0.3 is 0 Å². The van der Waals surface area contributed by atoms with Gasteiger partial charge in [-0.15, -0.1) is 0 Å². The number of rotatable bonds is 6. The van der Waals surface area contributed by atoms with E-state index in [4.69, 9.17) is 16.6 Å². The molecule has 0 aromatic carbocycles. The summed E-state index contributed by atoms with van der Waals surface area (Å²) in [5, 5.41) is 0.904. The Hall–Kier alpha value is -1.58. The van der Waals surface area contributed by atoms with E-state index in [1.807, 2.05) is 4.90 Å². The van der Waals surface area contributed by atoms with Crippen LogP contribution in [0.25, 0.3) is 0 Å². The summed E-state index contributed by atoms with van der Waals surface area (Å²) in [4.78, 5) is 43.3. The van der Waals surface area contributed by atoms with Gasteiger partial charge in [0.25, 0.3) is 0 Å². The number of nitrogens with zero attached hydrogens (tertiary/aromatic N) is 6. The van der Waals surface area contributed by atoms with Crippen molar-refractivity contribution >= 4 is 41.0 Å². The summed E-state index contributed by atoms with van der Waals surface area (Å²) < 4.78 is 0. The molecular formula is C24H37ClN6O2S. The van der Waals surface area contributed by atoms with Crippen molar-refractivity contribution in [1.29, 1.82) is 0 Å². The lowest BCUT2D eigenvalue weighted by molar-refractivity contribution is -0.139. The largest absolute Gasteiger partial charge is 0.353 e. The third kappa shape index (κ3) is 6.34. The molecule has 2 saturated heterocycles. The van der Waals surface area contributed by atoms with E-state index in [0.29, 0.717) is 28.5 Å². The quantitative estimate of drug-likeness (QED) is 0.332. The van der Waals surface area contributed by atoms with Crippen molar-refractivity contribution in [1.82, 2.24) is 24.7 Å². The number of amides is 2. The first kappa shape index (κ1) is 25.5. The Kier molecular flexibility index (Phi) is 8.93. The lowest BCUT2D eigenvalue weighted by Gasteiger charge is -2.42. The molecule has 8 nitrogen and oxygen atoms in total. The van der Waals surface area contributed by atoms with Crippen molar-refractivity contribution in [3.63, 3.8) is 0 Å². The summed E-state index contributed by atoms with van der Waals surface area (Å²) in [5.74, 6) is 1.72. The molecule has 1 atom stereocenters. The first-order chi connectivity index (χ1) is 16.4. The summed E-state index contributed by atoms with van der Waals surface area (Å²) in [7, 11) is 0. The molecule has 0 radical (unpaired) electrons. The zero-order valence-corrected chi connectivity index (χ0v) is 22.0. The highest BCUT2D eigenvalue weighted by atomic mass is 35.5. The third-order valence-electron chi connectivity index (χ3n) is 7.35. The van der Waals surface area contributed by atoms with Gasteiger partial charge < -0.3 is 19.6 Å². The molecule has 1 aromatic rings. The molecular weight excluding hydrogens is 472 g/mol. The van der Waals surface area contributed by atoms with Gasteiger partial charge in [-0.2, -0.15) is 0 Å². The van der Waals surface area contributed by atoms with E-state index in [2.05, 4.69) is 33.5 Å². The highest BCUT2D eigenvalue weighted by molar-refractivity contribution is 7.99. The molecule has 4 rings (SSSR count). The summed E-state index contributed by atoms with van der Waals surface area (Å²) in [6, 6.07) is 1.90. The zero-order valence-electron chi connectivity index (χ0n) is 20.4. The molecule has 1 unspecified atom stereocenters. The number of hydrogen-bond acceptors (Lipinski definition) is 7. The Morgan fingerprint density at radius 1 is 1.06 bits per heavy atom. The van der Waals surface area contributed by atoms with Crippen LogP contribution in [0.4, 0.5) is 5.82 Å². The van der Waals surface area contributed by atoms with Crippen LogP contribution in [0.1, 0.15) is 46.0 Å². The van der Waals surface area contributed by atoms with Crippen molar-refractivity contribution < 1.29 is 9.59 Å². The zero-order chi connectivity index (χ0) is 24.1. The molecule has 10 heteroatoms. The monoisotopic (exact) mass is 508 g/mol. The summed E-state index contributed by atoms with van der Waals surface area (Å²) in [5.41, 5.74) is 0. The Morgan fingerprint density at radius 3 is 2.47 bits per heavy atom. The SMILES string of the molecule is CCN1CCN(C(=O)CSc2nc(Cl)cc(N3CCN(C(=O)C4CCCCC4)C(C)C3)n2)CC1. The van der Waals surface area contributed by atoms with Crippen LogP contribution in [0.15, 0.2) is 11.2 Å². The summed E-state index contributed by atoms with van der Waals surface area (Å²) in [6.45, 7) is 10.8. The minimum absolute atomic E-state index is 0.120. The molecule has 1 aliphatic carbocycles. The average molecular weight is 509 g/mol. The van der Waals surface area contributed by atoms with Crippen LogP contribution in [0.2, 0.25) is 5.15 Å². The van der Waals surface area contributed by atoms with Crippen LogP contribution in [0.3, 0.4) is 0 Å². The maximum absolute atomic E-state index is 13.0. The van der Waals surface area contributed by atoms with Crippen molar-refractivity contribution in [2.45, 2.75) is 57.1 Å². The van der Waals surface area contributed by atoms with Crippen molar-refractivity contribution in [2.75, 3.05) is 63.0 Å². The van der Waals surface area contributed by atoms with Crippen molar-refractivity contribution in [3.8, 4) is 0 Å². The van der Waals surface area contributed by atoms with Gasteiger partial charge in [-0.1, -0.05) is 49.5 Å². The van der Waals surface area contributed by atoms with Gasteiger partial charge in [-0.05, 0) is 26.3 Å². The average Bonchev–Trinajstić information content (AvgIpc) is 2.87. The molecule has 3 heterocycles. The number of carbonyl (C=O) groups is 2. The van der Waals surface area contributed by atoms with Crippen LogP contribution in [-0.4, -0.2) is 101 Å². The van der Waals surface area contributed by atoms with Gasteiger partial charge in [0.2, 0.25) is 11.8 Å². The summed E-state index contributed by atoms with van der Waals surface area (Å²) in [6.07, 6.45) is 5.65. The Morgan fingerprint density at radius 2 is 1.79 bits per heavy atom. The topological polar surface area (TPSA) is 72.9 Å². The predicted octanol–water partition coefficient (Wildman–Crippen LogP) is 3.00. The lowest BCUT2D eigenvalue weighted by atomic mass is 9.88. The van der Waals surface area contributed by atoms with E-state index in [0.717, 1.165) is 64.5 Å². The number of thioether (sulfide) groups is 1. The molecule has 1 saturated carbocycles.